The van der Waals surface area contributed by atoms with Crippen molar-refractivity contribution in [1.29, 1.82) is 0 Å². The van der Waals surface area contributed by atoms with Crippen molar-refractivity contribution >= 4 is 21.6 Å². The van der Waals surface area contributed by atoms with Gasteiger partial charge in [0.25, 0.3) is 0 Å². The molecule has 3 aromatic rings. The molecule has 1 aliphatic rings. The van der Waals surface area contributed by atoms with Gasteiger partial charge >= 0.3 is 0 Å². The second-order valence-electron chi connectivity index (χ2n) is 10.7. The summed E-state index contributed by atoms with van der Waals surface area (Å²) in [6, 6.07) is 20.1. The van der Waals surface area contributed by atoms with E-state index in [0.29, 0.717) is 23.7 Å². The topological polar surface area (TPSA) is 90.3 Å². The Morgan fingerprint density at radius 1 is 1.12 bits per heavy atom. The molecule has 0 saturated carbocycles. The van der Waals surface area contributed by atoms with Crippen LogP contribution in [0.2, 0.25) is 5.02 Å². The molecule has 7 nitrogen and oxygen atoms in total. The summed E-state index contributed by atoms with van der Waals surface area (Å²) in [6.45, 7) is 6.34. The Hall–Kier alpha value is -2.90. The molecule has 0 bridgehead atoms. The maximum Gasteiger partial charge on any atom is 0.247 e. The van der Waals surface area contributed by atoms with Crippen molar-refractivity contribution in [1.82, 2.24) is 9.21 Å². The summed E-state index contributed by atoms with van der Waals surface area (Å²) in [5.41, 5.74) is 3.69. The first-order valence-corrected chi connectivity index (χ1v) is 15.5. The molecule has 1 heterocycles. The Morgan fingerprint density at radius 3 is 2.49 bits per heavy atom. The molecule has 9 heteroatoms. The first-order chi connectivity index (χ1) is 19.5. The van der Waals surface area contributed by atoms with E-state index in [0.717, 1.165) is 16.7 Å². The number of halogens is 1. The van der Waals surface area contributed by atoms with Gasteiger partial charge in [-0.25, -0.2) is 8.42 Å². The van der Waals surface area contributed by atoms with Crippen LogP contribution in [0.4, 0.5) is 0 Å². The van der Waals surface area contributed by atoms with Crippen LogP contribution in [0, 0.1) is 17.8 Å². The van der Waals surface area contributed by atoms with Gasteiger partial charge in [0, 0.05) is 47.7 Å². The Bertz CT molecular complexity index is 1520. The van der Waals surface area contributed by atoms with E-state index >= 15 is 0 Å². The van der Waals surface area contributed by atoms with Gasteiger partial charge in [-0.2, -0.15) is 4.31 Å². The number of aliphatic hydroxyl groups is 2. The zero-order valence-corrected chi connectivity index (χ0v) is 25.4. The highest BCUT2D eigenvalue weighted by Crippen LogP contribution is 2.34. The highest BCUT2D eigenvalue weighted by Gasteiger charge is 2.38. The molecule has 2 N–H and O–H groups in total. The van der Waals surface area contributed by atoms with Gasteiger partial charge in [-0.05, 0) is 56.3 Å². The number of nitrogens with zero attached hydrogens (tertiary/aromatic N) is 2. The van der Waals surface area contributed by atoms with Crippen molar-refractivity contribution in [3.05, 3.63) is 82.9 Å². The summed E-state index contributed by atoms with van der Waals surface area (Å²) in [4.78, 5) is 2.19. The van der Waals surface area contributed by atoms with Crippen LogP contribution in [0.5, 0.6) is 5.75 Å². The molecule has 0 amide bonds. The molecule has 1 aliphatic heterocycles. The summed E-state index contributed by atoms with van der Waals surface area (Å²) in [5, 5.41) is 20.2. The number of sulfonamides is 1. The van der Waals surface area contributed by atoms with Gasteiger partial charge in [0.2, 0.25) is 10.0 Å². The molecule has 0 radical (unpaired) electrons. The van der Waals surface area contributed by atoms with Crippen molar-refractivity contribution in [2.45, 2.75) is 50.5 Å². The molecule has 4 rings (SSSR count). The highest BCUT2D eigenvalue weighted by molar-refractivity contribution is 7.89. The van der Waals surface area contributed by atoms with Crippen LogP contribution < -0.4 is 4.74 Å². The van der Waals surface area contributed by atoms with Crippen LogP contribution in [0.3, 0.4) is 0 Å². The first kappa shape index (κ1) is 31.0. The second-order valence-corrected chi connectivity index (χ2v) is 13.0. The van der Waals surface area contributed by atoms with Crippen LogP contribution in [-0.2, 0) is 16.6 Å². The van der Waals surface area contributed by atoms with Crippen molar-refractivity contribution < 1.29 is 23.4 Å². The zero-order valence-electron chi connectivity index (χ0n) is 23.8. The molecule has 0 spiro atoms. The normalized spacial score (nSPS) is 20.1. The largest absolute Gasteiger partial charge is 0.487 e. The molecule has 3 aromatic carbocycles. The predicted octanol–water partition coefficient (Wildman–Crippen LogP) is 4.64. The van der Waals surface area contributed by atoms with E-state index in [2.05, 4.69) is 41.0 Å². The number of fused-ring (bicyclic) bond motifs is 1. The number of hydrogen-bond acceptors (Lipinski definition) is 6. The maximum atomic E-state index is 13.7. The lowest BCUT2D eigenvalue weighted by Gasteiger charge is -2.37. The fourth-order valence-corrected chi connectivity index (χ4v) is 6.95. The van der Waals surface area contributed by atoms with E-state index in [-0.39, 0.29) is 35.8 Å². The molecule has 41 heavy (non-hydrogen) atoms. The van der Waals surface area contributed by atoms with Crippen LogP contribution >= 0.6 is 11.6 Å². The third-order valence-electron chi connectivity index (χ3n) is 7.18. The second kappa shape index (κ2) is 13.4. The number of rotatable bonds is 7. The molecule has 0 saturated heterocycles. The van der Waals surface area contributed by atoms with Crippen LogP contribution in [0.1, 0.15) is 31.9 Å². The van der Waals surface area contributed by atoms with Gasteiger partial charge < -0.3 is 14.9 Å². The van der Waals surface area contributed by atoms with E-state index in [1.165, 1.54) is 10.4 Å². The number of likely N-dealkylation sites (N-methyl/N-ethyl adjacent to an activating group) is 1. The van der Waals surface area contributed by atoms with Crippen molar-refractivity contribution in [2.75, 3.05) is 26.7 Å². The SMILES string of the molecule is C[C@@H](O)C#Cc1ccc2c(c1)O[C@@H](CN(C)Cc1ccc(-c3ccccc3Cl)cc1)[C@@H](C)CN([C@@H](C)CO)S2(=O)=O. The van der Waals surface area contributed by atoms with Crippen LogP contribution in [0.15, 0.2) is 71.6 Å². The fourth-order valence-electron chi connectivity index (χ4n) is 4.88. The van der Waals surface area contributed by atoms with Gasteiger partial charge in [-0.15, -0.1) is 0 Å². The van der Waals surface area contributed by atoms with Crippen LogP contribution in [0.25, 0.3) is 11.1 Å². The average Bonchev–Trinajstić information content (AvgIpc) is 2.94. The van der Waals surface area contributed by atoms with Crippen molar-refractivity contribution in [3.8, 4) is 28.7 Å². The summed E-state index contributed by atoms with van der Waals surface area (Å²) < 4.78 is 35.1. The summed E-state index contributed by atoms with van der Waals surface area (Å²) in [7, 11) is -1.93. The average molecular weight is 597 g/mol. The third-order valence-corrected chi connectivity index (χ3v) is 9.52. The Kier molecular flexibility index (Phi) is 10.1. The minimum Gasteiger partial charge on any atom is -0.487 e. The number of hydrogen-bond donors (Lipinski definition) is 2. The standard InChI is InChI=1S/C32H37ClN2O5S/c1-22-18-35(23(2)21-36)41(38,39)32-16-13-25(10-9-24(3)37)17-30(32)40-31(22)20-34(4)19-26-11-14-27(15-12-26)28-7-5-6-8-29(28)33/h5-8,11-17,22-24,31,36-37H,18-21H2,1-4H3/t22-,23-,24+,31-/m0/s1. The smallest absolute Gasteiger partial charge is 0.247 e. The number of benzene rings is 3. The maximum absolute atomic E-state index is 13.7. The predicted molar refractivity (Wildman–Crippen MR) is 162 cm³/mol. The monoisotopic (exact) mass is 596 g/mol. The molecule has 0 aromatic heterocycles. The summed E-state index contributed by atoms with van der Waals surface area (Å²) >= 11 is 6.37. The number of ether oxygens (including phenoxy) is 1. The molecule has 4 atom stereocenters. The van der Waals surface area contributed by atoms with E-state index in [9.17, 15) is 18.6 Å². The quantitative estimate of drug-likeness (QED) is 0.386. The minimum absolute atomic E-state index is 0.0371. The molecule has 0 unspecified atom stereocenters. The van der Waals surface area contributed by atoms with Gasteiger partial charge in [0.1, 0.15) is 22.9 Å². The minimum atomic E-state index is -3.94. The highest BCUT2D eigenvalue weighted by atomic mass is 35.5. The summed E-state index contributed by atoms with van der Waals surface area (Å²) in [5.74, 6) is 5.60. The molecular formula is C32H37ClN2O5S. The van der Waals surface area contributed by atoms with Crippen molar-refractivity contribution in [2.24, 2.45) is 5.92 Å². The lowest BCUT2D eigenvalue weighted by molar-refractivity contribution is 0.0733. The van der Waals surface area contributed by atoms with Gasteiger partial charge in [-0.1, -0.05) is 72.8 Å². The van der Waals surface area contributed by atoms with E-state index < -0.39 is 22.2 Å². The first-order valence-electron chi connectivity index (χ1n) is 13.6. The van der Waals surface area contributed by atoms with Crippen LogP contribution in [-0.4, -0.2) is 72.8 Å². The fraction of sp³-hybridized carbons (Fsp3) is 0.375. The van der Waals surface area contributed by atoms with Gasteiger partial charge in [0.05, 0.1) is 6.61 Å². The number of aliphatic hydroxyl groups excluding tert-OH is 2. The molecule has 0 fully saturated rings. The van der Waals surface area contributed by atoms with E-state index in [4.69, 9.17) is 16.3 Å². The Morgan fingerprint density at radius 2 is 1.83 bits per heavy atom. The zero-order chi connectivity index (χ0) is 29.7. The van der Waals surface area contributed by atoms with E-state index in [1.54, 1.807) is 26.0 Å². The Labute approximate surface area is 248 Å². The van der Waals surface area contributed by atoms with Gasteiger partial charge in [0.15, 0.2) is 0 Å². The molecule has 0 aliphatic carbocycles. The van der Waals surface area contributed by atoms with E-state index in [1.807, 2.05) is 38.2 Å². The molecule has 218 valence electrons. The van der Waals surface area contributed by atoms with Gasteiger partial charge in [-0.3, -0.25) is 4.90 Å². The molecular weight excluding hydrogens is 560 g/mol. The van der Waals surface area contributed by atoms with Crippen molar-refractivity contribution in [3.63, 3.8) is 0 Å². The lowest BCUT2D eigenvalue weighted by atomic mass is 10.0. The Balaban J connectivity index is 1.59. The lowest BCUT2D eigenvalue weighted by Crippen LogP contribution is -2.49. The summed E-state index contributed by atoms with van der Waals surface area (Å²) in [6.07, 6.45) is -1.16. The third kappa shape index (κ3) is 7.49.